The number of guanidine groups is 1. The van der Waals surface area contributed by atoms with E-state index in [9.17, 15) is 4.79 Å². The van der Waals surface area contributed by atoms with Crippen molar-refractivity contribution in [1.82, 2.24) is 16.0 Å². The van der Waals surface area contributed by atoms with Crippen molar-refractivity contribution in [1.29, 1.82) is 0 Å². The monoisotopic (exact) mass is 388 g/mol. The summed E-state index contributed by atoms with van der Waals surface area (Å²) >= 11 is 1.69. The average Bonchev–Trinajstić information content (AvgIpc) is 3.13. The van der Waals surface area contributed by atoms with Gasteiger partial charge in [0, 0.05) is 18.5 Å². The van der Waals surface area contributed by atoms with E-state index in [0.717, 1.165) is 5.56 Å². The van der Waals surface area contributed by atoms with Gasteiger partial charge >= 0.3 is 6.09 Å². The number of carbonyl (C=O) groups is 1. The van der Waals surface area contributed by atoms with Crippen LogP contribution in [0.4, 0.5) is 4.79 Å². The number of ether oxygens (including phenoxy) is 1. The number of amides is 1. The van der Waals surface area contributed by atoms with Crippen LogP contribution in [-0.4, -0.2) is 31.2 Å². The number of hydrogen-bond acceptors (Lipinski definition) is 4. The minimum atomic E-state index is -0.545. The maximum absolute atomic E-state index is 12.2. The van der Waals surface area contributed by atoms with E-state index in [-0.39, 0.29) is 6.04 Å². The minimum Gasteiger partial charge on any atom is -0.444 e. The molecule has 1 amide bonds. The largest absolute Gasteiger partial charge is 0.444 e. The lowest BCUT2D eigenvalue weighted by Gasteiger charge is -2.24. The Morgan fingerprint density at radius 3 is 2.48 bits per heavy atom. The molecule has 0 saturated heterocycles. The number of carbonyl (C=O) groups excluding carboxylic acids is 1. The molecule has 3 N–H and O–H groups in total. The summed E-state index contributed by atoms with van der Waals surface area (Å²) in [6, 6.07) is 13.6. The van der Waals surface area contributed by atoms with Gasteiger partial charge in [-0.05, 0) is 37.8 Å². The Balaban J connectivity index is 1.97. The lowest BCUT2D eigenvalue weighted by atomic mass is 10.1. The van der Waals surface area contributed by atoms with Crippen molar-refractivity contribution in [3.8, 4) is 0 Å². The van der Waals surface area contributed by atoms with Crippen molar-refractivity contribution < 1.29 is 9.53 Å². The Labute approximate surface area is 165 Å². The summed E-state index contributed by atoms with van der Waals surface area (Å²) in [5, 5.41) is 11.5. The van der Waals surface area contributed by atoms with Gasteiger partial charge in [-0.15, -0.1) is 11.3 Å². The van der Waals surface area contributed by atoms with Crippen molar-refractivity contribution >= 4 is 23.4 Å². The second kappa shape index (κ2) is 9.97. The summed E-state index contributed by atoms with van der Waals surface area (Å²) < 4.78 is 5.40. The third-order valence-corrected chi connectivity index (χ3v) is 4.48. The van der Waals surface area contributed by atoms with E-state index in [1.165, 1.54) is 4.88 Å². The molecule has 1 atom stereocenters. The fraction of sp³-hybridized carbons (Fsp3) is 0.400. The third kappa shape index (κ3) is 7.70. The Morgan fingerprint density at radius 2 is 1.89 bits per heavy atom. The van der Waals surface area contributed by atoms with Crippen LogP contribution in [0.2, 0.25) is 0 Å². The number of aliphatic imine (C=N–C) groups is 1. The van der Waals surface area contributed by atoms with E-state index < -0.39 is 11.7 Å². The zero-order valence-corrected chi connectivity index (χ0v) is 17.1. The Kier molecular flexibility index (Phi) is 7.67. The van der Waals surface area contributed by atoms with E-state index in [4.69, 9.17) is 4.74 Å². The first-order valence-corrected chi connectivity index (χ1v) is 9.76. The molecule has 0 radical (unpaired) electrons. The summed E-state index contributed by atoms with van der Waals surface area (Å²) in [6.07, 6.45) is -0.445. The first kappa shape index (κ1) is 20.8. The van der Waals surface area contributed by atoms with Crippen molar-refractivity contribution in [3.05, 3.63) is 58.3 Å². The molecule has 0 bridgehead atoms. The van der Waals surface area contributed by atoms with E-state index in [1.807, 2.05) is 62.5 Å². The molecule has 0 aliphatic heterocycles. The van der Waals surface area contributed by atoms with E-state index in [0.29, 0.717) is 19.0 Å². The zero-order chi connectivity index (χ0) is 19.7. The molecule has 0 spiro atoms. The van der Waals surface area contributed by atoms with Gasteiger partial charge in [-0.3, -0.25) is 4.99 Å². The quantitative estimate of drug-likeness (QED) is 0.521. The fourth-order valence-electron chi connectivity index (χ4n) is 2.39. The van der Waals surface area contributed by atoms with E-state index in [2.05, 4.69) is 27.0 Å². The molecule has 146 valence electrons. The van der Waals surface area contributed by atoms with Crippen LogP contribution in [0.3, 0.4) is 0 Å². The van der Waals surface area contributed by atoms with Gasteiger partial charge in [0.15, 0.2) is 5.96 Å². The second-order valence-corrected chi connectivity index (χ2v) is 8.03. The summed E-state index contributed by atoms with van der Waals surface area (Å²) in [5.74, 6) is 0.676. The standard InChI is InChI=1S/C20H28N4O2S/c1-20(2,3)26-19(25)24-17(15-9-6-5-7-10-15)14-23-18(21-4)22-13-16-11-8-12-27-16/h5-12,17H,13-14H2,1-4H3,(H,24,25)(H2,21,22,23). The molecule has 1 aromatic heterocycles. The number of nitrogens with zero attached hydrogens (tertiary/aromatic N) is 1. The van der Waals surface area contributed by atoms with E-state index in [1.54, 1.807) is 18.4 Å². The van der Waals surface area contributed by atoms with Gasteiger partial charge in [-0.1, -0.05) is 36.4 Å². The number of rotatable bonds is 6. The summed E-state index contributed by atoms with van der Waals surface area (Å²) in [4.78, 5) is 17.7. The van der Waals surface area contributed by atoms with Crippen LogP contribution >= 0.6 is 11.3 Å². The number of thiophene rings is 1. The Morgan fingerprint density at radius 1 is 1.15 bits per heavy atom. The molecule has 0 aliphatic carbocycles. The molecule has 2 rings (SSSR count). The number of nitrogens with one attached hydrogen (secondary N) is 3. The van der Waals surface area contributed by atoms with Crippen LogP contribution in [0.5, 0.6) is 0 Å². The lowest BCUT2D eigenvalue weighted by molar-refractivity contribution is 0.0504. The molecular formula is C20H28N4O2S. The SMILES string of the molecule is CN=C(NCc1cccs1)NCC(NC(=O)OC(C)(C)C)c1ccccc1. The maximum Gasteiger partial charge on any atom is 0.408 e. The van der Waals surface area contributed by atoms with Crippen molar-refractivity contribution in [2.75, 3.05) is 13.6 Å². The predicted molar refractivity (Wildman–Crippen MR) is 111 cm³/mol. The van der Waals surface area contributed by atoms with Crippen LogP contribution in [-0.2, 0) is 11.3 Å². The second-order valence-electron chi connectivity index (χ2n) is 7.00. The third-order valence-electron chi connectivity index (χ3n) is 3.60. The highest BCUT2D eigenvalue weighted by atomic mass is 32.1. The molecular weight excluding hydrogens is 360 g/mol. The molecule has 0 fully saturated rings. The first-order valence-electron chi connectivity index (χ1n) is 8.89. The van der Waals surface area contributed by atoms with Crippen molar-refractivity contribution in [3.63, 3.8) is 0 Å². The highest BCUT2D eigenvalue weighted by Gasteiger charge is 2.20. The van der Waals surface area contributed by atoms with Gasteiger partial charge in [0.1, 0.15) is 5.60 Å². The van der Waals surface area contributed by atoms with Crippen LogP contribution in [0.25, 0.3) is 0 Å². The Bertz CT molecular complexity index is 724. The van der Waals surface area contributed by atoms with Crippen molar-refractivity contribution in [2.45, 2.75) is 39.0 Å². The zero-order valence-electron chi connectivity index (χ0n) is 16.3. The Hall–Kier alpha value is -2.54. The summed E-state index contributed by atoms with van der Waals surface area (Å²) in [6.45, 7) is 6.72. The highest BCUT2D eigenvalue weighted by molar-refractivity contribution is 7.09. The fourth-order valence-corrected chi connectivity index (χ4v) is 3.04. The summed E-state index contributed by atoms with van der Waals surface area (Å²) in [5.41, 5.74) is 0.446. The highest BCUT2D eigenvalue weighted by Crippen LogP contribution is 2.14. The number of benzene rings is 1. The number of hydrogen-bond donors (Lipinski definition) is 3. The van der Waals surface area contributed by atoms with Gasteiger partial charge in [0.25, 0.3) is 0 Å². The summed E-state index contributed by atoms with van der Waals surface area (Å²) in [7, 11) is 1.72. The van der Waals surface area contributed by atoms with Gasteiger partial charge < -0.3 is 20.7 Å². The molecule has 1 aromatic carbocycles. The van der Waals surface area contributed by atoms with E-state index >= 15 is 0 Å². The van der Waals surface area contributed by atoms with Gasteiger partial charge in [-0.2, -0.15) is 0 Å². The van der Waals surface area contributed by atoms with Crippen LogP contribution in [0.15, 0.2) is 52.8 Å². The maximum atomic E-state index is 12.2. The predicted octanol–water partition coefficient (Wildman–Crippen LogP) is 3.68. The normalized spacial score (nSPS) is 13.0. The lowest BCUT2D eigenvalue weighted by Crippen LogP contribution is -2.43. The van der Waals surface area contributed by atoms with Gasteiger partial charge in [-0.25, -0.2) is 4.79 Å². The molecule has 1 unspecified atom stereocenters. The minimum absolute atomic E-state index is 0.249. The van der Waals surface area contributed by atoms with Gasteiger partial charge in [0.05, 0.1) is 12.6 Å². The molecule has 0 saturated carbocycles. The van der Waals surface area contributed by atoms with Crippen LogP contribution in [0.1, 0.15) is 37.3 Å². The molecule has 0 aliphatic rings. The molecule has 7 heteroatoms. The smallest absolute Gasteiger partial charge is 0.408 e. The van der Waals surface area contributed by atoms with Crippen LogP contribution < -0.4 is 16.0 Å². The molecule has 1 heterocycles. The van der Waals surface area contributed by atoms with Crippen LogP contribution in [0, 0.1) is 0 Å². The van der Waals surface area contributed by atoms with Crippen molar-refractivity contribution in [2.24, 2.45) is 4.99 Å². The average molecular weight is 389 g/mol. The number of alkyl carbamates (subject to hydrolysis) is 1. The molecule has 6 nitrogen and oxygen atoms in total. The molecule has 27 heavy (non-hydrogen) atoms. The van der Waals surface area contributed by atoms with Gasteiger partial charge in [0.2, 0.25) is 0 Å². The topological polar surface area (TPSA) is 74.8 Å². The molecule has 2 aromatic rings. The first-order chi connectivity index (χ1) is 12.9.